The van der Waals surface area contributed by atoms with Crippen LogP contribution in [-0.2, 0) is 9.59 Å². The molecular formula is C14H17N3O2S. The van der Waals surface area contributed by atoms with E-state index in [9.17, 15) is 9.59 Å². The number of nitrogens with one attached hydrogen (secondary N) is 1. The van der Waals surface area contributed by atoms with Crippen molar-refractivity contribution >= 4 is 35.2 Å². The number of nitrogens with zero attached hydrogens (tertiary/aromatic N) is 2. The van der Waals surface area contributed by atoms with Gasteiger partial charge in [-0.2, -0.15) is 0 Å². The molecule has 0 aliphatic carbocycles. The van der Waals surface area contributed by atoms with E-state index in [-0.39, 0.29) is 16.6 Å². The first-order chi connectivity index (χ1) is 9.31. The van der Waals surface area contributed by atoms with Crippen molar-refractivity contribution in [1.29, 1.82) is 0 Å². The van der Waals surface area contributed by atoms with E-state index in [1.54, 1.807) is 13.1 Å². The summed E-state index contributed by atoms with van der Waals surface area (Å²) < 4.78 is 2.09. The SMILES string of the molecule is Cc1cc(/C=C2/C(=O)NC(=S)N(C)C2=O)cn1C(C)C. The van der Waals surface area contributed by atoms with E-state index in [1.807, 2.05) is 19.2 Å². The Labute approximate surface area is 123 Å². The standard InChI is InChI=1S/C14H17N3O2S/c1-8(2)17-7-10(5-9(17)3)6-11-12(18)15-14(20)16(4)13(11)19/h5-8H,1-4H3,(H,15,18,20)/b11-6-. The van der Waals surface area contributed by atoms with E-state index in [4.69, 9.17) is 12.2 Å². The summed E-state index contributed by atoms with van der Waals surface area (Å²) in [4.78, 5) is 25.2. The van der Waals surface area contributed by atoms with Crippen molar-refractivity contribution in [3.8, 4) is 0 Å². The fraction of sp³-hybridized carbons (Fsp3) is 0.357. The number of amides is 2. The van der Waals surface area contributed by atoms with E-state index < -0.39 is 5.91 Å². The topological polar surface area (TPSA) is 54.3 Å². The molecular weight excluding hydrogens is 274 g/mol. The second-order valence-corrected chi connectivity index (χ2v) is 5.48. The Morgan fingerprint density at radius 2 is 2.00 bits per heavy atom. The third-order valence-electron chi connectivity index (χ3n) is 3.24. The summed E-state index contributed by atoms with van der Waals surface area (Å²) in [6, 6.07) is 2.27. The van der Waals surface area contributed by atoms with Crippen LogP contribution in [0.2, 0.25) is 0 Å². The quantitative estimate of drug-likeness (QED) is 0.512. The Morgan fingerprint density at radius 3 is 2.55 bits per heavy atom. The monoisotopic (exact) mass is 291 g/mol. The molecule has 0 radical (unpaired) electrons. The number of hydrogen-bond acceptors (Lipinski definition) is 3. The maximum Gasteiger partial charge on any atom is 0.265 e. The lowest BCUT2D eigenvalue weighted by atomic mass is 10.1. The van der Waals surface area contributed by atoms with Crippen molar-refractivity contribution in [2.45, 2.75) is 26.8 Å². The van der Waals surface area contributed by atoms with Crippen LogP contribution in [0.15, 0.2) is 17.8 Å². The predicted molar refractivity (Wildman–Crippen MR) is 81.0 cm³/mol. The van der Waals surface area contributed by atoms with E-state index >= 15 is 0 Å². The Balaban J connectivity index is 2.39. The zero-order valence-corrected chi connectivity index (χ0v) is 12.7. The third kappa shape index (κ3) is 2.51. The van der Waals surface area contributed by atoms with Gasteiger partial charge in [0.05, 0.1) is 0 Å². The summed E-state index contributed by atoms with van der Waals surface area (Å²) >= 11 is 4.90. The molecule has 20 heavy (non-hydrogen) atoms. The number of rotatable bonds is 2. The lowest BCUT2D eigenvalue weighted by Gasteiger charge is -2.24. The minimum atomic E-state index is -0.451. The summed E-state index contributed by atoms with van der Waals surface area (Å²) in [6.45, 7) is 6.15. The fourth-order valence-electron chi connectivity index (χ4n) is 2.16. The Hall–Kier alpha value is -1.95. The van der Waals surface area contributed by atoms with Gasteiger partial charge in [0.15, 0.2) is 5.11 Å². The molecule has 1 aromatic heterocycles. The van der Waals surface area contributed by atoms with Gasteiger partial charge in [0.2, 0.25) is 0 Å². The van der Waals surface area contributed by atoms with Gasteiger partial charge in [-0.3, -0.25) is 19.8 Å². The fourth-order valence-corrected chi connectivity index (χ4v) is 2.34. The molecule has 0 bridgehead atoms. The number of aromatic nitrogens is 1. The summed E-state index contributed by atoms with van der Waals surface area (Å²) in [5.41, 5.74) is 2.01. The van der Waals surface area contributed by atoms with Gasteiger partial charge >= 0.3 is 0 Å². The van der Waals surface area contributed by atoms with Gasteiger partial charge in [0.25, 0.3) is 11.8 Å². The first-order valence-corrected chi connectivity index (χ1v) is 6.75. The molecule has 2 amide bonds. The van der Waals surface area contributed by atoms with Crippen molar-refractivity contribution in [3.63, 3.8) is 0 Å². The normalized spacial score (nSPS) is 18.1. The van der Waals surface area contributed by atoms with Crippen molar-refractivity contribution < 1.29 is 9.59 Å². The molecule has 1 N–H and O–H groups in total. The van der Waals surface area contributed by atoms with Crippen LogP contribution >= 0.6 is 12.2 Å². The summed E-state index contributed by atoms with van der Waals surface area (Å²) in [5.74, 6) is -0.832. The van der Waals surface area contributed by atoms with Crippen molar-refractivity contribution in [3.05, 3.63) is 29.1 Å². The zero-order valence-electron chi connectivity index (χ0n) is 11.9. The van der Waals surface area contributed by atoms with Crippen molar-refractivity contribution in [2.75, 3.05) is 7.05 Å². The summed E-state index contributed by atoms with van der Waals surface area (Å²) in [6.07, 6.45) is 3.53. The lowest BCUT2D eigenvalue weighted by Crippen LogP contribution is -2.52. The highest BCUT2D eigenvalue weighted by molar-refractivity contribution is 7.80. The highest BCUT2D eigenvalue weighted by Gasteiger charge is 2.30. The van der Waals surface area contributed by atoms with Crippen LogP contribution < -0.4 is 5.32 Å². The molecule has 0 saturated carbocycles. The Bertz CT molecular complexity index is 628. The zero-order chi connectivity index (χ0) is 15.0. The molecule has 5 nitrogen and oxygen atoms in total. The first kappa shape index (κ1) is 14.5. The molecule has 0 spiro atoms. The van der Waals surface area contributed by atoms with Gasteiger partial charge in [-0.05, 0) is 50.7 Å². The highest BCUT2D eigenvalue weighted by Crippen LogP contribution is 2.18. The van der Waals surface area contributed by atoms with Gasteiger partial charge in [0.1, 0.15) is 5.57 Å². The molecule has 0 unspecified atom stereocenters. The number of carbonyl (C=O) groups excluding carboxylic acids is 2. The smallest absolute Gasteiger partial charge is 0.265 e. The second kappa shape index (κ2) is 5.20. The average molecular weight is 291 g/mol. The highest BCUT2D eigenvalue weighted by atomic mass is 32.1. The molecule has 0 aromatic carbocycles. The minimum Gasteiger partial charge on any atom is -0.349 e. The summed E-state index contributed by atoms with van der Waals surface area (Å²) in [5, 5.41) is 2.63. The van der Waals surface area contributed by atoms with Crippen LogP contribution in [0.4, 0.5) is 0 Å². The minimum absolute atomic E-state index is 0.0991. The van der Waals surface area contributed by atoms with E-state index in [0.29, 0.717) is 6.04 Å². The molecule has 1 saturated heterocycles. The Morgan fingerprint density at radius 1 is 1.35 bits per heavy atom. The third-order valence-corrected chi connectivity index (χ3v) is 3.62. The van der Waals surface area contributed by atoms with E-state index in [0.717, 1.165) is 11.3 Å². The molecule has 1 aliphatic rings. The van der Waals surface area contributed by atoms with Crippen LogP contribution in [0.25, 0.3) is 6.08 Å². The van der Waals surface area contributed by atoms with E-state index in [2.05, 4.69) is 23.7 Å². The number of carbonyl (C=O) groups is 2. The van der Waals surface area contributed by atoms with Crippen LogP contribution in [0.1, 0.15) is 31.1 Å². The summed E-state index contributed by atoms with van der Waals surface area (Å²) in [7, 11) is 1.54. The van der Waals surface area contributed by atoms with E-state index in [1.165, 1.54) is 4.90 Å². The number of likely N-dealkylation sites (N-methyl/N-ethyl adjacent to an activating group) is 1. The largest absolute Gasteiger partial charge is 0.349 e. The number of hydrogen-bond donors (Lipinski definition) is 1. The molecule has 1 fully saturated rings. The average Bonchev–Trinajstić information content (AvgIpc) is 2.73. The van der Waals surface area contributed by atoms with Gasteiger partial charge in [-0.25, -0.2) is 0 Å². The van der Waals surface area contributed by atoms with Gasteiger partial charge < -0.3 is 4.57 Å². The molecule has 0 atom stereocenters. The maximum absolute atomic E-state index is 12.1. The number of aryl methyl sites for hydroxylation is 1. The second-order valence-electron chi connectivity index (χ2n) is 5.10. The van der Waals surface area contributed by atoms with Gasteiger partial charge in [-0.15, -0.1) is 0 Å². The van der Waals surface area contributed by atoms with Crippen molar-refractivity contribution in [2.24, 2.45) is 0 Å². The predicted octanol–water partition coefficient (Wildman–Crippen LogP) is 1.63. The molecule has 1 aromatic rings. The maximum atomic E-state index is 12.1. The molecule has 2 rings (SSSR count). The number of thiocarbonyl (C=S) groups is 1. The van der Waals surface area contributed by atoms with Crippen molar-refractivity contribution in [1.82, 2.24) is 14.8 Å². The Kier molecular flexibility index (Phi) is 3.76. The van der Waals surface area contributed by atoms with Gasteiger partial charge in [-0.1, -0.05) is 0 Å². The molecule has 1 aliphatic heterocycles. The van der Waals surface area contributed by atoms with Crippen LogP contribution in [0.5, 0.6) is 0 Å². The first-order valence-electron chi connectivity index (χ1n) is 6.34. The van der Waals surface area contributed by atoms with Gasteiger partial charge in [0, 0.05) is 25.0 Å². The molecule has 6 heteroatoms. The molecule has 106 valence electrons. The van der Waals surface area contributed by atoms with Crippen LogP contribution in [-0.4, -0.2) is 33.4 Å². The van der Waals surface area contributed by atoms with Crippen LogP contribution in [0, 0.1) is 6.92 Å². The van der Waals surface area contributed by atoms with Crippen LogP contribution in [0.3, 0.4) is 0 Å². The lowest BCUT2D eigenvalue weighted by molar-refractivity contribution is -0.128. The molecule has 2 heterocycles.